The van der Waals surface area contributed by atoms with Crippen molar-refractivity contribution in [1.29, 1.82) is 0 Å². The number of nitrogens with zero attached hydrogens (tertiary/aromatic N) is 2. The van der Waals surface area contributed by atoms with Gasteiger partial charge in [-0.25, -0.2) is 4.99 Å². The molecular weight excluding hydrogens is 320 g/mol. The lowest BCUT2D eigenvalue weighted by Gasteiger charge is -2.27. The Morgan fingerprint density at radius 2 is 2.42 bits per heavy atom. The Morgan fingerprint density at radius 1 is 1.54 bits per heavy atom. The number of hydrogen-bond donors (Lipinski definition) is 2. The van der Waals surface area contributed by atoms with Gasteiger partial charge in [-0.3, -0.25) is 4.79 Å². The van der Waals surface area contributed by atoms with Crippen LogP contribution in [0, 0.1) is 0 Å². The van der Waals surface area contributed by atoms with E-state index in [-0.39, 0.29) is 0 Å². The quantitative estimate of drug-likeness (QED) is 0.410. The fourth-order valence-electron chi connectivity index (χ4n) is 2.90. The van der Waals surface area contributed by atoms with Gasteiger partial charge in [0.05, 0.1) is 6.54 Å². The average molecular weight is 349 g/mol. The van der Waals surface area contributed by atoms with Crippen LogP contribution in [0.15, 0.2) is 35.2 Å². The standard InChI is InChI=1S/C18H28N4OS/c1-3-10-19-18(21-14-16-7-6-13-24-16)20-11-9-15(4-2)22-12-5-8-17(22)23/h3,6-7,13,15H,1,4-5,8-12,14H2,2H3,(H2,19,20,21)/t15-/m0/s1. The number of thiophene rings is 1. The molecule has 1 fully saturated rings. The number of amides is 1. The molecule has 1 aliphatic heterocycles. The van der Waals surface area contributed by atoms with E-state index in [9.17, 15) is 4.79 Å². The highest BCUT2D eigenvalue weighted by atomic mass is 32.1. The SMILES string of the molecule is C=CCNC(=NCc1cccs1)NCC[C@H](CC)N1CCCC1=O. The van der Waals surface area contributed by atoms with E-state index in [0.717, 1.165) is 38.3 Å². The van der Waals surface area contributed by atoms with Gasteiger partial charge in [-0.2, -0.15) is 0 Å². The molecule has 6 heteroatoms. The summed E-state index contributed by atoms with van der Waals surface area (Å²) in [7, 11) is 0. The van der Waals surface area contributed by atoms with Crippen LogP contribution in [0.3, 0.4) is 0 Å². The third-order valence-corrected chi connectivity index (χ3v) is 5.04. The van der Waals surface area contributed by atoms with Gasteiger partial charge in [-0.05, 0) is 30.7 Å². The first-order chi connectivity index (χ1) is 11.7. The lowest BCUT2D eigenvalue weighted by Crippen LogP contribution is -2.42. The van der Waals surface area contributed by atoms with Crippen molar-refractivity contribution in [3.05, 3.63) is 35.0 Å². The van der Waals surface area contributed by atoms with Gasteiger partial charge in [0.2, 0.25) is 5.91 Å². The number of guanidine groups is 1. The number of carbonyl (C=O) groups excluding carboxylic acids is 1. The second kappa shape index (κ2) is 10.1. The molecule has 0 radical (unpaired) electrons. The minimum atomic E-state index is 0.304. The second-order valence-electron chi connectivity index (χ2n) is 5.88. The van der Waals surface area contributed by atoms with Gasteiger partial charge in [-0.15, -0.1) is 17.9 Å². The van der Waals surface area contributed by atoms with Gasteiger partial charge in [0.25, 0.3) is 0 Å². The first kappa shape index (κ1) is 18.5. The maximum atomic E-state index is 11.9. The maximum absolute atomic E-state index is 11.9. The third kappa shape index (κ3) is 5.67. The van der Waals surface area contributed by atoms with E-state index in [1.807, 2.05) is 17.0 Å². The van der Waals surface area contributed by atoms with Crippen LogP contribution in [0.2, 0.25) is 0 Å². The Labute approximate surface area is 148 Å². The van der Waals surface area contributed by atoms with E-state index in [2.05, 4.69) is 40.6 Å². The zero-order chi connectivity index (χ0) is 17.2. The molecule has 1 aromatic heterocycles. The van der Waals surface area contributed by atoms with E-state index in [0.29, 0.717) is 31.5 Å². The highest BCUT2D eigenvalue weighted by Gasteiger charge is 2.26. The molecule has 0 bridgehead atoms. The lowest BCUT2D eigenvalue weighted by atomic mass is 10.1. The molecule has 0 unspecified atom stereocenters. The summed E-state index contributed by atoms with van der Waals surface area (Å²) in [6.07, 6.45) is 5.46. The minimum absolute atomic E-state index is 0.304. The van der Waals surface area contributed by atoms with Crippen LogP contribution in [0.4, 0.5) is 0 Å². The van der Waals surface area contributed by atoms with Gasteiger partial charge in [-0.1, -0.05) is 19.1 Å². The van der Waals surface area contributed by atoms with Crippen molar-refractivity contribution in [1.82, 2.24) is 15.5 Å². The summed E-state index contributed by atoms with van der Waals surface area (Å²) >= 11 is 1.71. The normalized spacial score (nSPS) is 16.3. The van der Waals surface area contributed by atoms with Crippen LogP contribution < -0.4 is 10.6 Å². The summed E-state index contributed by atoms with van der Waals surface area (Å²) in [6.45, 7) is 8.95. The first-order valence-electron chi connectivity index (χ1n) is 8.69. The fourth-order valence-corrected chi connectivity index (χ4v) is 3.52. The molecule has 1 atom stereocenters. The molecule has 24 heavy (non-hydrogen) atoms. The van der Waals surface area contributed by atoms with Crippen molar-refractivity contribution in [2.45, 2.75) is 45.2 Å². The van der Waals surface area contributed by atoms with Crippen molar-refractivity contribution in [2.75, 3.05) is 19.6 Å². The Hall–Kier alpha value is -1.82. The van der Waals surface area contributed by atoms with Gasteiger partial charge in [0.1, 0.15) is 0 Å². The monoisotopic (exact) mass is 348 g/mol. The van der Waals surface area contributed by atoms with E-state index >= 15 is 0 Å². The molecule has 0 saturated carbocycles. The molecule has 1 aromatic rings. The van der Waals surface area contributed by atoms with E-state index in [4.69, 9.17) is 0 Å². The van der Waals surface area contributed by atoms with Crippen LogP contribution in [-0.4, -0.2) is 42.4 Å². The Morgan fingerprint density at radius 3 is 3.04 bits per heavy atom. The number of rotatable bonds is 9. The summed E-state index contributed by atoms with van der Waals surface area (Å²) in [5.74, 6) is 1.10. The van der Waals surface area contributed by atoms with Crippen molar-refractivity contribution in [3.8, 4) is 0 Å². The fraction of sp³-hybridized carbons (Fsp3) is 0.556. The summed E-state index contributed by atoms with van der Waals surface area (Å²) < 4.78 is 0. The highest BCUT2D eigenvalue weighted by Crippen LogP contribution is 2.17. The highest BCUT2D eigenvalue weighted by molar-refractivity contribution is 7.09. The summed E-state index contributed by atoms with van der Waals surface area (Å²) in [4.78, 5) is 19.8. The topological polar surface area (TPSA) is 56.7 Å². The molecule has 1 aliphatic rings. The molecule has 2 rings (SSSR count). The molecular formula is C18H28N4OS. The second-order valence-corrected chi connectivity index (χ2v) is 6.91. The predicted molar refractivity (Wildman–Crippen MR) is 101 cm³/mol. The molecule has 2 heterocycles. The smallest absolute Gasteiger partial charge is 0.222 e. The van der Waals surface area contributed by atoms with Crippen LogP contribution in [0.1, 0.15) is 37.5 Å². The predicted octanol–water partition coefficient (Wildman–Crippen LogP) is 2.76. The first-order valence-corrected chi connectivity index (χ1v) is 9.57. The van der Waals surface area contributed by atoms with Crippen LogP contribution in [0.25, 0.3) is 0 Å². The number of hydrogen-bond acceptors (Lipinski definition) is 3. The molecule has 1 amide bonds. The molecule has 0 aromatic carbocycles. The summed E-state index contributed by atoms with van der Waals surface area (Å²) in [5, 5.41) is 8.69. The molecule has 0 spiro atoms. The zero-order valence-electron chi connectivity index (χ0n) is 14.5. The Bertz CT molecular complexity index is 541. The van der Waals surface area contributed by atoms with Gasteiger partial charge < -0.3 is 15.5 Å². The number of carbonyl (C=O) groups is 1. The van der Waals surface area contributed by atoms with Crippen molar-refractivity contribution < 1.29 is 4.79 Å². The maximum Gasteiger partial charge on any atom is 0.222 e. The minimum Gasteiger partial charge on any atom is -0.356 e. The van der Waals surface area contributed by atoms with Crippen molar-refractivity contribution in [2.24, 2.45) is 4.99 Å². The average Bonchev–Trinajstić information content (AvgIpc) is 3.25. The van der Waals surface area contributed by atoms with Crippen LogP contribution in [0.5, 0.6) is 0 Å². The van der Waals surface area contributed by atoms with Gasteiger partial charge in [0.15, 0.2) is 5.96 Å². The number of aliphatic imine (C=N–C) groups is 1. The van der Waals surface area contributed by atoms with Crippen LogP contribution >= 0.6 is 11.3 Å². The summed E-state index contributed by atoms with van der Waals surface area (Å²) in [6, 6.07) is 4.45. The van der Waals surface area contributed by atoms with Crippen molar-refractivity contribution in [3.63, 3.8) is 0 Å². The van der Waals surface area contributed by atoms with E-state index in [1.54, 1.807) is 11.3 Å². The third-order valence-electron chi connectivity index (χ3n) is 4.18. The molecule has 0 aliphatic carbocycles. The molecule has 5 nitrogen and oxygen atoms in total. The summed E-state index contributed by atoms with van der Waals surface area (Å²) in [5.41, 5.74) is 0. The van der Waals surface area contributed by atoms with E-state index in [1.165, 1.54) is 4.88 Å². The van der Waals surface area contributed by atoms with Crippen molar-refractivity contribution >= 4 is 23.2 Å². The molecule has 1 saturated heterocycles. The van der Waals surface area contributed by atoms with E-state index < -0.39 is 0 Å². The van der Waals surface area contributed by atoms with Gasteiger partial charge >= 0.3 is 0 Å². The van der Waals surface area contributed by atoms with Gasteiger partial charge in [0, 0.05) is 37.0 Å². The largest absolute Gasteiger partial charge is 0.356 e. The zero-order valence-corrected chi connectivity index (χ0v) is 15.3. The Kier molecular flexibility index (Phi) is 7.82. The number of nitrogens with one attached hydrogen (secondary N) is 2. The molecule has 2 N–H and O–H groups in total. The van der Waals surface area contributed by atoms with Crippen LogP contribution in [-0.2, 0) is 11.3 Å². The number of likely N-dealkylation sites (tertiary alicyclic amines) is 1. The Balaban J connectivity index is 1.83. The molecule has 132 valence electrons. The lowest BCUT2D eigenvalue weighted by molar-refractivity contribution is -0.129.